The first-order valence-electron chi connectivity index (χ1n) is 8.86. The molecule has 0 aliphatic rings. The third kappa shape index (κ3) is 7.63. The number of methoxy groups -OCH3 is 1. The maximum Gasteiger partial charge on any atom is 0.191 e. The van der Waals surface area contributed by atoms with Crippen molar-refractivity contribution < 1.29 is 4.74 Å². The van der Waals surface area contributed by atoms with Gasteiger partial charge in [0, 0.05) is 32.0 Å². The van der Waals surface area contributed by atoms with Crippen LogP contribution in [0.3, 0.4) is 0 Å². The van der Waals surface area contributed by atoms with Crippen LogP contribution in [0, 0.1) is 0 Å². The number of aromatic nitrogens is 2. The Morgan fingerprint density at radius 3 is 2.65 bits per heavy atom. The molecule has 7 heteroatoms. The zero-order valence-corrected chi connectivity index (χ0v) is 18.1. The van der Waals surface area contributed by atoms with Gasteiger partial charge in [-0.3, -0.25) is 9.67 Å². The Balaban J connectivity index is 0.00000338. The molecule has 0 saturated heterocycles. The van der Waals surface area contributed by atoms with E-state index in [0.717, 1.165) is 44.3 Å². The highest BCUT2D eigenvalue weighted by Gasteiger charge is 2.06. The second-order valence-electron chi connectivity index (χ2n) is 5.92. The Bertz CT molecular complexity index is 628. The lowest BCUT2D eigenvalue weighted by atomic mass is 9.98. The Hall–Kier alpha value is -1.77. The van der Waals surface area contributed by atoms with Crippen molar-refractivity contribution in [3.05, 3.63) is 48.3 Å². The van der Waals surface area contributed by atoms with E-state index in [9.17, 15) is 0 Å². The average molecular weight is 471 g/mol. The van der Waals surface area contributed by atoms with Crippen molar-refractivity contribution in [2.75, 3.05) is 26.7 Å². The second kappa shape index (κ2) is 12.6. The van der Waals surface area contributed by atoms with Gasteiger partial charge in [-0.15, -0.1) is 24.0 Å². The molecule has 1 unspecified atom stereocenters. The van der Waals surface area contributed by atoms with Crippen molar-refractivity contribution in [3.63, 3.8) is 0 Å². The molecule has 144 valence electrons. The van der Waals surface area contributed by atoms with Crippen LogP contribution in [0.25, 0.3) is 0 Å². The number of halogens is 1. The van der Waals surface area contributed by atoms with E-state index in [1.807, 2.05) is 29.1 Å². The van der Waals surface area contributed by atoms with Gasteiger partial charge in [0.2, 0.25) is 0 Å². The van der Waals surface area contributed by atoms with E-state index in [1.54, 1.807) is 13.3 Å². The molecule has 0 bridgehead atoms. The maximum absolute atomic E-state index is 5.21. The second-order valence-corrected chi connectivity index (χ2v) is 5.92. The number of hydrogen-bond donors (Lipinski definition) is 2. The SMILES string of the molecule is CCNC(=NCCC(C)c1ccc(OC)cc1)NCCn1cccn1.I. The van der Waals surface area contributed by atoms with Crippen LogP contribution in [-0.2, 0) is 6.54 Å². The fourth-order valence-electron chi connectivity index (χ4n) is 2.53. The van der Waals surface area contributed by atoms with Crippen molar-refractivity contribution in [2.24, 2.45) is 4.99 Å². The molecule has 1 atom stereocenters. The maximum atomic E-state index is 5.21. The number of nitrogens with one attached hydrogen (secondary N) is 2. The van der Waals surface area contributed by atoms with Crippen LogP contribution < -0.4 is 15.4 Å². The summed E-state index contributed by atoms with van der Waals surface area (Å²) >= 11 is 0. The third-order valence-corrected chi connectivity index (χ3v) is 4.05. The van der Waals surface area contributed by atoms with Crippen LogP contribution in [-0.4, -0.2) is 42.5 Å². The van der Waals surface area contributed by atoms with Crippen molar-refractivity contribution in [1.29, 1.82) is 0 Å². The summed E-state index contributed by atoms with van der Waals surface area (Å²) in [7, 11) is 1.69. The number of benzene rings is 1. The summed E-state index contributed by atoms with van der Waals surface area (Å²) in [5.74, 6) is 2.21. The van der Waals surface area contributed by atoms with Crippen molar-refractivity contribution in [1.82, 2.24) is 20.4 Å². The van der Waals surface area contributed by atoms with Crippen LogP contribution in [0.2, 0.25) is 0 Å². The summed E-state index contributed by atoms with van der Waals surface area (Å²) < 4.78 is 7.11. The first kappa shape index (κ1) is 22.3. The molecule has 0 aliphatic carbocycles. The molecule has 0 aliphatic heterocycles. The summed E-state index contributed by atoms with van der Waals surface area (Å²) in [6.07, 6.45) is 4.75. The Labute approximate surface area is 173 Å². The Morgan fingerprint density at radius 1 is 1.27 bits per heavy atom. The van der Waals surface area contributed by atoms with E-state index in [2.05, 4.69) is 46.7 Å². The summed E-state index contributed by atoms with van der Waals surface area (Å²) in [4.78, 5) is 4.67. The zero-order chi connectivity index (χ0) is 17.9. The smallest absolute Gasteiger partial charge is 0.191 e. The first-order valence-corrected chi connectivity index (χ1v) is 8.86. The van der Waals surface area contributed by atoms with Crippen molar-refractivity contribution in [3.8, 4) is 5.75 Å². The van der Waals surface area contributed by atoms with Crippen LogP contribution in [0.15, 0.2) is 47.7 Å². The molecule has 6 nitrogen and oxygen atoms in total. The van der Waals surface area contributed by atoms with Gasteiger partial charge < -0.3 is 15.4 Å². The lowest BCUT2D eigenvalue weighted by Gasteiger charge is -2.13. The average Bonchev–Trinajstić information content (AvgIpc) is 3.15. The summed E-state index contributed by atoms with van der Waals surface area (Å²) in [5.41, 5.74) is 1.31. The van der Waals surface area contributed by atoms with Gasteiger partial charge in [0.15, 0.2) is 5.96 Å². The van der Waals surface area contributed by atoms with E-state index in [0.29, 0.717) is 5.92 Å². The van der Waals surface area contributed by atoms with Crippen LogP contribution >= 0.6 is 24.0 Å². The molecule has 26 heavy (non-hydrogen) atoms. The standard InChI is InChI=1S/C19H29N5O.HI/c1-4-20-19(22-13-15-24-14-5-11-23-24)21-12-10-16(2)17-6-8-18(25-3)9-7-17;/h5-9,11,14,16H,4,10,12-13,15H2,1-3H3,(H2,20,21,22);1H. The van der Waals surface area contributed by atoms with E-state index in [1.165, 1.54) is 5.56 Å². The molecule has 0 saturated carbocycles. The molecule has 0 radical (unpaired) electrons. The van der Waals surface area contributed by atoms with Gasteiger partial charge in [0.1, 0.15) is 5.75 Å². The molecule has 2 aromatic rings. The number of hydrogen-bond acceptors (Lipinski definition) is 3. The number of ether oxygens (including phenoxy) is 1. The lowest BCUT2D eigenvalue weighted by molar-refractivity contribution is 0.414. The van der Waals surface area contributed by atoms with E-state index < -0.39 is 0 Å². The predicted molar refractivity (Wildman–Crippen MR) is 118 cm³/mol. The van der Waals surface area contributed by atoms with E-state index in [-0.39, 0.29) is 24.0 Å². The van der Waals surface area contributed by atoms with E-state index >= 15 is 0 Å². The normalized spacial score (nSPS) is 12.2. The number of aliphatic imine (C=N–C) groups is 1. The molecule has 0 amide bonds. The highest BCUT2D eigenvalue weighted by atomic mass is 127. The molecular formula is C19H30IN5O. The van der Waals surface area contributed by atoms with Gasteiger partial charge in [-0.25, -0.2) is 0 Å². The summed E-state index contributed by atoms with van der Waals surface area (Å²) in [6.45, 7) is 7.55. The van der Waals surface area contributed by atoms with Gasteiger partial charge in [0.25, 0.3) is 0 Å². The van der Waals surface area contributed by atoms with Crippen LogP contribution in [0.5, 0.6) is 5.75 Å². The highest BCUT2D eigenvalue weighted by Crippen LogP contribution is 2.21. The van der Waals surface area contributed by atoms with Gasteiger partial charge >= 0.3 is 0 Å². The predicted octanol–water partition coefficient (Wildman–Crippen LogP) is 3.26. The molecule has 0 fully saturated rings. The van der Waals surface area contributed by atoms with Gasteiger partial charge in [-0.05, 0) is 43.0 Å². The van der Waals surface area contributed by atoms with Gasteiger partial charge in [-0.2, -0.15) is 5.10 Å². The topological polar surface area (TPSA) is 63.5 Å². The number of nitrogens with zero attached hydrogens (tertiary/aromatic N) is 3. The first-order chi connectivity index (χ1) is 12.2. The quantitative estimate of drug-likeness (QED) is 0.335. The lowest BCUT2D eigenvalue weighted by Crippen LogP contribution is -2.39. The van der Waals surface area contributed by atoms with Crippen molar-refractivity contribution in [2.45, 2.75) is 32.7 Å². The van der Waals surface area contributed by atoms with Crippen molar-refractivity contribution >= 4 is 29.9 Å². The molecule has 1 heterocycles. The number of rotatable bonds is 9. The van der Waals surface area contributed by atoms with Gasteiger partial charge in [-0.1, -0.05) is 19.1 Å². The summed E-state index contributed by atoms with van der Waals surface area (Å²) in [5, 5.41) is 10.8. The molecule has 0 spiro atoms. The Kier molecular flexibility index (Phi) is 10.8. The highest BCUT2D eigenvalue weighted by molar-refractivity contribution is 14.0. The molecule has 1 aromatic heterocycles. The van der Waals surface area contributed by atoms with Gasteiger partial charge in [0.05, 0.1) is 13.7 Å². The van der Waals surface area contributed by atoms with Crippen LogP contribution in [0.1, 0.15) is 31.7 Å². The Morgan fingerprint density at radius 2 is 2.04 bits per heavy atom. The largest absolute Gasteiger partial charge is 0.497 e. The minimum Gasteiger partial charge on any atom is -0.497 e. The minimum atomic E-state index is 0. The third-order valence-electron chi connectivity index (χ3n) is 4.05. The fraction of sp³-hybridized carbons (Fsp3) is 0.474. The molecule has 2 rings (SSSR count). The van der Waals surface area contributed by atoms with Crippen LogP contribution in [0.4, 0.5) is 0 Å². The monoisotopic (exact) mass is 471 g/mol. The van der Waals surface area contributed by atoms with E-state index in [4.69, 9.17) is 4.74 Å². The molecular weight excluding hydrogens is 441 g/mol. The minimum absolute atomic E-state index is 0. The molecule has 2 N–H and O–H groups in total. The molecule has 1 aromatic carbocycles. The summed E-state index contributed by atoms with van der Waals surface area (Å²) in [6, 6.07) is 10.2. The zero-order valence-electron chi connectivity index (χ0n) is 15.8. The fourth-order valence-corrected chi connectivity index (χ4v) is 2.53. The number of guanidine groups is 1.